The highest BCUT2D eigenvalue weighted by molar-refractivity contribution is 5.84. The number of hydrogen-bond donors (Lipinski definition) is 2. The maximum Gasteiger partial charge on any atom is 0.378 e. The molecule has 128 valence electrons. The zero-order valence-electron chi connectivity index (χ0n) is 13.9. The Kier molecular flexibility index (Phi) is 5.61. The lowest BCUT2D eigenvalue weighted by Gasteiger charge is -2.34. The Balaban J connectivity index is 1.47. The molecule has 0 bridgehead atoms. The van der Waals surface area contributed by atoms with Crippen LogP contribution >= 0.6 is 0 Å². The molecule has 3 rings (SSSR count). The molecule has 1 unspecified atom stereocenters. The van der Waals surface area contributed by atoms with Gasteiger partial charge in [-0.2, -0.15) is 0 Å². The average molecular weight is 321 g/mol. The van der Waals surface area contributed by atoms with Crippen molar-refractivity contribution in [2.75, 3.05) is 39.3 Å². The molecular formula is C16H27N5O2. The van der Waals surface area contributed by atoms with Crippen LogP contribution in [0.4, 0.5) is 0 Å². The van der Waals surface area contributed by atoms with Gasteiger partial charge in [-0.1, -0.05) is 0 Å². The summed E-state index contributed by atoms with van der Waals surface area (Å²) in [4.78, 5) is 18.5. The van der Waals surface area contributed by atoms with Crippen molar-refractivity contribution in [1.82, 2.24) is 25.4 Å². The number of ether oxygens (including phenoxy) is 1. The number of piperidine rings is 2. The van der Waals surface area contributed by atoms with E-state index in [4.69, 9.17) is 4.74 Å². The summed E-state index contributed by atoms with van der Waals surface area (Å²) in [6.45, 7) is 7.84. The van der Waals surface area contributed by atoms with Crippen molar-refractivity contribution >= 4 is 5.97 Å². The van der Waals surface area contributed by atoms with Gasteiger partial charge in [-0.05, 0) is 64.7 Å². The van der Waals surface area contributed by atoms with Gasteiger partial charge >= 0.3 is 5.97 Å². The third-order valence-electron chi connectivity index (χ3n) is 4.85. The normalized spacial score (nSPS) is 23.8. The van der Waals surface area contributed by atoms with Crippen molar-refractivity contribution < 1.29 is 9.53 Å². The van der Waals surface area contributed by atoms with Gasteiger partial charge in [0.25, 0.3) is 5.82 Å². The second kappa shape index (κ2) is 7.88. The zero-order chi connectivity index (χ0) is 16.1. The second-order valence-corrected chi connectivity index (χ2v) is 6.55. The maximum absolute atomic E-state index is 11.6. The van der Waals surface area contributed by atoms with Crippen LogP contribution in [0.25, 0.3) is 0 Å². The Hall–Kier alpha value is -1.47. The largest absolute Gasteiger partial charge is 0.460 e. The van der Waals surface area contributed by atoms with E-state index in [2.05, 4.69) is 25.4 Å². The Morgan fingerprint density at radius 1 is 1.35 bits per heavy atom. The van der Waals surface area contributed by atoms with Gasteiger partial charge in [0.05, 0.1) is 6.61 Å². The van der Waals surface area contributed by atoms with E-state index in [0.29, 0.717) is 12.5 Å². The summed E-state index contributed by atoms with van der Waals surface area (Å²) in [5, 5.41) is 10.4. The minimum Gasteiger partial charge on any atom is -0.460 e. The zero-order valence-corrected chi connectivity index (χ0v) is 13.9. The van der Waals surface area contributed by atoms with Crippen LogP contribution in [0, 0.1) is 5.92 Å². The van der Waals surface area contributed by atoms with E-state index in [1.54, 1.807) is 6.92 Å². The van der Waals surface area contributed by atoms with Crippen molar-refractivity contribution in [2.45, 2.75) is 38.5 Å². The third kappa shape index (κ3) is 4.29. The monoisotopic (exact) mass is 321 g/mol. The van der Waals surface area contributed by atoms with Crippen molar-refractivity contribution in [3.63, 3.8) is 0 Å². The molecule has 0 radical (unpaired) electrons. The molecule has 0 aliphatic carbocycles. The van der Waals surface area contributed by atoms with Crippen molar-refractivity contribution in [2.24, 2.45) is 5.92 Å². The highest BCUT2D eigenvalue weighted by Crippen LogP contribution is 2.26. The van der Waals surface area contributed by atoms with E-state index in [0.717, 1.165) is 44.2 Å². The Morgan fingerprint density at radius 3 is 2.87 bits per heavy atom. The number of rotatable bonds is 5. The lowest BCUT2D eigenvalue weighted by atomic mass is 9.93. The van der Waals surface area contributed by atoms with E-state index >= 15 is 0 Å². The van der Waals surface area contributed by atoms with Gasteiger partial charge < -0.3 is 15.0 Å². The molecule has 1 aromatic heterocycles. The number of likely N-dealkylation sites (tertiary alicyclic amines) is 1. The van der Waals surface area contributed by atoms with E-state index in [9.17, 15) is 4.79 Å². The van der Waals surface area contributed by atoms with Crippen LogP contribution in [0.5, 0.6) is 0 Å². The third-order valence-corrected chi connectivity index (χ3v) is 4.85. The van der Waals surface area contributed by atoms with E-state index in [-0.39, 0.29) is 5.82 Å². The number of nitrogens with one attached hydrogen (secondary N) is 2. The van der Waals surface area contributed by atoms with E-state index in [1.807, 2.05) is 0 Å². The summed E-state index contributed by atoms with van der Waals surface area (Å²) < 4.78 is 4.93. The van der Waals surface area contributed by atoms with Crippen molar-refractivity contribution in [1.29, 1.82) is 0 Å². The predicted molar refractivity (Wildman–Crippen MR) is 86.3 cm³/mol. The molecule has 3 heterocycles. The van der Waals surface area contributed by atoms with E-state index in [1.165, 1.54) is 25.9 Å². The lowest BCUT2D eigenvalue weighted by Crippen LogP contribution is -2.41. The first-order valence-corrected chi connectivity index (χ1v) is 8.78. The molecule has 7 heteroatoms. The number of carbonyl (C=O) groups excluding carboxylic acids is 1. The lowest BCUT2D eigenvalue weighted by molar-refractivity contribution is 0.0512. The van der Waals surface area contributed by atoms with Gasteiger partial charge in [0, 0.05) is 12.5 Å². The molecule has 2 aliphatic heterocycles. The number of carbonyl (C=O) groups is 1. The van der Waals surface area contributed by atoms with Gasteiger partial charge in [0.2, 0.25) is 0 Å². The molecule has 0 saturated carbocycles. The smallest absolute Gasteiger partial charge is 0.378 e. The molecule has 7 nitrogen and oxygen atoms in total. The first-order valence-electron chi connectivity index (χ1n) is 8.78. The topological polar surface area (TPSA) is 83.1 Å². The van der Waals surface area contributed by atoms with Crippen LogP contribution in [0.2, 0.25) is 0 Å². The number of aromatic amines is 1. The Morgan fingerprint density at radius 2 is 2.17 bits per heavy atom. The summed E-state index contributed by atoms with van der Waals surface area (Å²) in [5.41, 5.74) is 0. The molecule has 2 aliphatic rings. The molecule has 0 aromatic carbocycles. The first-order chi connectivity index (χ1) is 11.3. The van der Waals surface area contributed by atoms with Crippen LogP contribution in [0.1, 0.15) is 55.0 Å². The molecule has 1 aromatic rings. The summed E-state index contributed by atoms with van der Waals surface area (Å²) in [7, 11) is 0. The highest BCUT2D eigenvalue weighted by Gasteiger charge is 2.26. The number of hydrogen-bond acceptors (Lipinski definition) is 6. The first kappa shape index (κ1) is 16.4. The van der Waals surface area contributed by atoms with Gasteiger partial charge in [-0.25, -0.2) is 9.78 Å². The van der Waals surface area contributed by atoms with Crippen LogP contribution < -0.4 is 5.32 Å². The molecule has 0 amide bonds. The van der Waals surface area contributed by atoms with Crippen LogP contribution in [-0.2, 0) is 4.74 Å². The van der Waals surface area contributed by atoms with Gasteiger partial charge in [0.15, 0.2) is 0 Å². The predicted octanol–water partition coefficient (Wildman–Crippen LogP) is 1.16. The molecule has 0 spiro atoms. The molecule has 1 atom stereocenters. The van der Waals surface area contributed by atoms with Gasteiger partial charge in [0.1, 0.15) is 5.82 Å². The molecule has 2 fully saturated rings. The molecular weight excluding hydrogens is 294 g/mol. The Labute approximate surface area is 137 Å². The fourth-order valence-corrected chi connectivity index (χ4v) is 3.58. The molecule has 23 heavy (non-hydrogen) atoms. The second-order valence-electron chi connectivity index (χ2n) is 6.55. The van der Waals surface area contributed by atoms with Crippen molar-refractivity contribution in [3.05, 3.63) is 11.6 Å². The number of aromatic nitrogens is 3. The molecule has 2 N–H and O–H groups in total. The Bertz CT molecular complexity index is 504. The summed E-state index contributed by atoms with van der Waals surface area (Å²) >= 11 is 0. The van der Waals surface area contributed by atoms with Crippen LogP contribution in [-0.4, -0.2) is 65.4 Å². The quantitative estimate of drug-likeness (QED) is 0.792. The minimum atomic E-state index is -0.447. The molecule has 2 saturated heterocycles. The average Bonchev–Trinajstić information content (AvgIpc) is 3.07. The van der Waals surface area contributed by atoms with Crippen LogP contribution in [0.3, 0.4) is 0 Å². The number of H-pyrrole nitrogens is 1. The number of nitrogens with zero attached hydrogens (tertiary/aromatic N) is 3. The number of esters is 1. The standard InChI is InChI=1S/C16H27N5O2/c1-2-23-16(22)15-18-14(19-20-15)13-5-8-21(9-6-13)11-12-4-3-7-17-10-12/h12-13,17H,2-11H2,1H3,(H,18,19,20). The van der Waals surface area contributed by atoms with Gasteiger partial charge in [-0.15, -0.1) is 5.10 Å². The fourth-order valence-electron chi connectivity index (χ4n) is 3.58. The fraction of sp³-hybridized carbons (Fsp3) is 0.812. The van der Waals surface area contributed by atoms with E-state index < -0.39 is 5.97 Å². The highest BCUT2D eigenvalue weighted by atomic mass is 16.5. The van der Waals surface area contributed by atoms with Crippen molar-refractivity contribution in [3.8, 4) is 0 Å². The van der Waals surface area contributed by atoms with Crippen LogP contribution in [0.15, 0.2) is 0 Å². The summed E-state index contributed by atoms with van der Waals surface area (Å²) in [6.07, 6.45) is 4.78. The minimum absolute atomic E-state index is 0.151. The van der Waals surface area contributed by atoms with Gasteiger partial charge in [-0.3, -0.25) is 5.10 Å². The SMILES string of the molecule is CCOC(=O)c1n[nH]c(C2CCN(CC3CCCNC3)CC2)n1. The maximum atomic E-state index is 11.6. The summed E-state index contributed by atoms with van der Waals surface area (Å²) in [6, 6.07) is 0. The summed E-state index contributed by atoms with van der Waals surface area (Å²) in [5.74, 6) is 1.69.